The van der Waals surface area contributed by atoms with Crippen LogP contribution in [0.2, 0.25) is 0 Å². The molecule has 0 unspecified atom stereocenters. The third kappa shape index (κ3) is 2.41. The second-order valence-corrected chi connectivity index (χ2v) is 6.66. The van der Waals surface area contributed by atoms with Gasteiger partial charge in [0.1, 0.15) is 0 Å². The molecule has 2 N–H and O–H groups in total. The number of likely N-dealkylation sites (tertiary alicyclic amines) is 2. The van der Waals surface area contributed by atoms with E-state index in [1.165, 1.54) is 39.0 Å². The topological polar surface area (TPSA) is 32.5 Å². The lowest BCUT2D eigenvalue weighted by Crippen LogP contribution is -2.62. The highest BCUT2D eigenvalue weighted by atomic mass is 15.2. The molecule has 3 nitrogen and oxygen atoms in total. The van der Waals surface area contributed by atoms with Crippen molar-refractivity contribution in [2.45, 2.75) is 39.2 Å². The minimum atomic E-state index is 0.350. The minimum Gasteiger partial charge on any atom is -0.329 e. The normalized spacial score (nSPS) is 27.0. The zero-order chi connectivity index (χ0) is 11.8. The Kier molecular flexibility index (Phi) is 3.30. The van der Waals surface area contributed by atoms with Gasteiger partial charge in [-0.05, 0) is 52.1 Å². The van der Waals surface area contributed by atoms with Gasteiger partial charge in [-0.15, -0.1) is 0 Å². The van der Waals surface area contributed by atoms with Crippen molar-refractivity contribution in [1.29, 1.82) is 0 Å². The third-order valence-electron chi connectivity index (χ3n) is 4.34. The highest BCUT2D eigenvalue weighted by Crippen LogP contribution is 2.41. The first-order chi connectivity index (χ1) is 7.45. The molecule has 2 saturated heterocycles. The van der Waals surface area contributed by atoms with Crippen LogP contribution < -0.4 is 5.73 Å². The summed E-state index contributed by atoms with van der Waals surface area (Å²) in [6, 6.07) is 0. The average molecular weight is 225 g/mol. The SMILES string of the molecule is CC(C)(C)N1CCC2(CC1)CN(CCN)C2. The van der Waals surface area contributed by atoms with Crippen molar-refractivity contribution in [2.75, 3.05) is 39.3 Å². The van der Waals surface area contributed by atoms with Gasteiger partial charge in [-0.2, -0.15) is 0 Å². The fourth-order valence-corrected chi connectivity index (χ4v) is 3.21. The quantitative estimate of drug-likeness (QED) is 0.765. The summed E-state index contributed by atoms with van der Waals surface area (Å²) in [5.74, 6) is 0. The van der Waals surface area contributed by atoms with Crippen molar-refractivity contribution in [3.05, 3.63) is 0 Å². The largest absolute Gasteiger partial charge is 0.329 e. The molecule has 3 heteroatoms. The molecule has 2 rings (SSSR count). The van der Waals surface area contributed by atoms with E-state index in [1.807, 2.05) is 0 Å². The number of nitrogens with two attached hydrogens (primary N) is 1. The summed E-state index contributed by atoms with van der Waals surface area (Å²) in [6.07, 6.45) is 2.76. The molecule has 0 aliphatic carbocycles. The Morgan fingerprint density at radius 2 is 1.69 bits per heavy atom. The second kappa shape index (κ2) is 4.28. The molecule has 2 aliphatic rings. The molecule has 2 heterocycles. The molecule has 0 bridgehead atoms. The zero-order valence-electron chi connectivity index (χ0n) is 11.1. The number of hydrogen-bond acceptors (Lipinski definition) is 3. The minimum absolute atomic E-state index is 0.350. The van der Waals surface area contributed by atoms with Gasteiger partial charge in [0.05, 0.1) is 0 Å². The molecule has 1 spiro atoms. The van der Waals surface area contributed by atoms with Crippen LogP contribution in [0.3, 0.4) is 0 Å². The molecule has 94 valence electrons. The van der Waals surface area contributed by atoms with Crippen molar-refractivity contribution in [2.24, 2.45) is 11.1 Å². The van der Waals surface area contributed by atoms with Crippen molar-refractivity contribution in [3.63, 3.8) is 0 Å². The maximum absolute atomic E-state index is 5.59. The van der Waals surface area contributed by atoms with Crippen LogP contribution in [-0.4, -0.2) is 54.6 Å². The molecule has 0 amide bonds. The van der Waals surface area contributed by atoms with Crippen LogP contribution in [0, 0.1) is 5.41 Å². The standard InChI is InChI=1S/C13H27N3/c1-12(2,3)16-7-4-13(5-8-16)10-15(11-13)9-6-14/h4-11,14H2,1-3H3. The van der Waals surface area contributed by atoms with E-state index in [1.54, 1.807) is 0 Å². The molecule has 0 aromatic carbocycles. The fourth-order valence-electron chi connectivity index (χ4n) is 3.21. The second-order valence-electron chi connectivity index (χ2n) is 6.66. The van der Waals surface area contributed by atoms with Gasteiger partial charge in [0.15, 0.2) is 0 Å². The molecular formula is C13H27N3. The Morgan fingerprint density at radius 3 is 2.12 bits per heavy atom. The van der Waals surface area contributed by atoms with Crippen LogP contribution in [0.15, 0.2) is 0 Å². The Morgan fingerprint density at radius 1 is 1.12 bits per heavy atom. The Labute approximate surface area is 100.0 Å². The van der Waals surface area contributed by atoms with E-state index in [0.717, 1.165) is 13.1 Å². The molecule has 0 aromatic heterocycles. The van der Waals surface area contributed by atoms with Gasteiger partial charge in [0.25, 0.3) is 0 Å². The van der Waals surface area contributed by atoms with Gasteiger partial charge < -0.3 is 10.6 Å². The van der Waals surface area contributed by atoms with Gasteiger partial charge in [-0.1, -0.05) is 0 Å². The van der Waals surface area contributed by atoms with E-state index in [2.05, 4.69) is 30.6 Å². The van der Waals surface area contributed by atoms with Gasteiger partial charge in [0, 0.05) is 31.7 Å². The van der Waals surface area contributed by atoms with Gasteiger partial charge >= 0.3 is 0 Å². The predicted octanol–water partition coefficient (Wildman–Crippen LogP) is 1.14. The summed E-state index contributed by atoms with van der Waals surface area (Å²) in [5, 5.41) is 0. The van der Waals surface area contributed by atoms with Crippen LogP contribution in [-0.2, 0) is 0 Å². The number of rotatable bonds is 2. The van der Waals surface area contributed by atoms with Crippen molar-refractivity contribution >= 4 is 0 Å². The first-order valence-corrected chi connectivity index (χ1v) is 6.63. The molecule has 2 aliphatic heterocycles. The Hall–Kier alpha value is -0.120. The lowest BCUT2D eigenvalue weighted by molar-refractivity contribution is -0.0600. The van der Waals surface area contributed by atoms with E-state index in [9.17, 15) is 0 Å². The summed E-state index contributed by atoms with van der Waals surface area (Å²) < 4.78 is 0. The third-order valence-corrected chi connectivity index (χ3v) is 4.34. The van der Waals surface area contributed by atoms with Crippen LogP contribution in [0.25, 0.3) is 0 Å². The smallest absolute Gasteiger partial charge is 0.0125 e. The van der Waals surface area contributed by atoms with E-state index in [4.69, 9.17) is 5.73 Å². The first kappa shape index (κ1) is 12.3. The summed E-state index contributed by atoms with van der Waals surface area (Å²) in [7, 11) is 0. The zero-order valence-corrected chi connectivity index (χ0v) is 11.1. The van der Waals surface area contributed by atoms with E-state index < -0.39 is 0 Å². The monoisotopic (exact) mass is 225 g/mol. The van der Waals surface area contributed by atoms with E-state index >= 15 is 0 Å². The van der Waals surface area contributed by atoms with Crippen molar-refractivity contribution in [1.82, 2.24) is 9.80 Å². The summed E-state index contributed by atoms with van der Waals surface area (Å²) in [6.45, 7) is 14.0. The number of hydrogen-bond donors (Lipinski definition) is 1. The van der Waals surface area contributed by atoms with E-state index in [-0.39, 0.29) is 0 Å². The number of piperidine rings is 1. The maximum Gasteiger partial charge on any atom is 0.0125 e. The van der Waals surface area contributed by atoms with Crippen LogP contribution in [0.1, 0.15) is 33.6 Å². The lowest BCUT2D eigenvalue weighted by atomic mass is 9.71. The van der Waals surface area contributed by atoms with Gasteiger partial charge in [0.2, 0.25) is 0 Å². The van der Waals surface area contributed by atoms with Gasteiger partial charge in [-0.25, -0.2) is 0 Å². The van der Waals surface area contributed by atoms with Crippen molar-refractivity contribution in [3.8, 4) is 0 Å². The molecule has 0 saturated carbocycles. The first-order valence-electron chi connectivity index (χ1n) is 6.63. The van der Waals surface area contributed by atoms with Crippen LogP contribution in [0.5, 0.6) is 0 Å². The van der Waals surface area contributed by atoms with Crippen molar-refractivity contribution < 1.29 is 0 Å². The highest BCUT2D eigenvalue weighted by molar-refractivity contribution is 4.99. The molecule has 16 heavy (non-hydrogen) atoms. The summed E-state index contributed by atoms with van der Waals surface area (Å²) in [5.41, 5.74) is 6.59. The van der Waals surface area contributed by atoms with Crippen LogP contribution in [0.4, 0.5) is 0 Å². The highest BCUT2D eigenvalue weighted by Gasteiger charge is 2.45. The Balaban J connectivity index is 1.79. The maximum atomic E-state index is 5.59. The molecule has 0 atom stereocenters. The van der Waals surface area contributed by atoms with Crippen LogP contribution >= 0.6 is 0 Å². The average Bonchev–Trinajstić information content (AvgIpc) is 2.15. The molecular weight excluding hydrogens is 198 g/mol. The number of nitrogens with zero attached hydrogens (tertiary/aromatic N) is 2. The summed E-state index contributed by atoms with van der Waals surface area (Å²) >= 11 is 0. The summed E-state index contributed by atoms with van der Waals surface area (Å²) in [4.78, 5) is 5.14. The Bertz CT molecular complexity index is 228. The lowest BCUT2D eigenvalue weighted by Gasteiger charge is -2.55. The van der Waals surface area contributed by atoms with E-state index in [0.29, 0.717) is 11.0 Å². The van der Waals surface area contributed by atoms with Gasteiger partial charge in [-0.3, -0.25) is 4.90 Å². The molecule has 0 radical (unpaired) electrons. The predicted molar refractivity (Wildman–Crippen MR) is 68.5 cm³/mol. The molecule has 2 fully saturated rings. The molecule has 0 aromatic rings. The fraction of sp³-hybridized carbons (Fsp3) is 1.00.